The lowest BCUT2D eigenvalue weighted by molar-refractivity contribution is -0.149. The van der Waals surface area contributed by atoms with Crippen molar-refractivity contribution in [1.29, 1.82) is 0 Å². The summed E-state index contributed by atoms with van der Waals surface area (Å²) in [7, 11) is 2.98. The first-order chi connectivity index (χ1) is 12.3. The number of aliphatic carboxylic acids is 1. The number of nitrogens with zero attached hydrogens (tertiary/aromatic N) is 1. The van der Waals surface area contributed by atoms with Gasteiger partial charge in [-0.2, -0.15) is 24.4 Å². The van der Waals surface area contributed by atoms with Crippen LogP contribution in [0.5, 0.6) is 0 Å². The third kappa shape index (κ3) is 7.41. The summed E-state index contributed by atoms with van der Waals surface area (Å²) in [6.45, 7) is 0.728. The molecule has 1 rings (SSSR count). The zero-order valence-corrected chi connectivity index (χ0v) is 17.3. The van der Waals surface area contributed by atoms with Gasteiger partial charge in [-0.05, 0) is 6.26 Å². The molecule has 0 aliphatic carbocycles. The van der Waals surface area contributed by atoms with Crippen LogP contribution in [0.4, 0.5) is 0 Å². The first kappa shape index (κ1) is 23.2. The minimum absolute atomic E-state index is 0.127. The lowest BCUT2D eigenvalue weighted by Crippen LogP contribution is -2.33. The molecule has 1 heterocycles. The summed E-state index contributed by atoms with van der Waals surface area (Å²) in [6.07, 6.45) is 1.79. The highest BCUT2D eigenvalue weighted by atomic mass is 33.1. The molecule has 1 aliphatic heterocycles. The van der Waals surface area contributed by atoms with Gasteiger partial charge in [0.2, 0.25) is 17.7 Å². The van der Waals surface area contributed by atoms with E-state index in [4.69, 9.17) is 5.11 Å². The van der Waals surface area contributed by atoms with Crippen molar-refractivity contribution < 1.29 is 29.1 Å². The summed E-state index contributed by atoms with van der Waals surface area (Å²) in [5.74, 6) is -2.23. The normalized spacial score (nSPS) is 18.1. The highest BCUT2D eigenvalue weighted by Crippen LogP contribution is 2.25. The van der Waals surface area contributed by atoms with Crippen molar-refractivity contribution in [2.45, 2.75) is 23.3 Å². The predicted octanol–water partition coefficient (Wildman–Crippen LogP) is 0.317. The van der Waals surface area contributed by atoms with Gasteiger partial charge in [-0.1, -0.05) is 21.6 Å². The van der Waals surface area contributed by atoms with Crippen LogP contribution in [-0.4, -0.2) is 80.8 Å². The number of hydrogen-bond acceptors (Lipinski definition) is 9. The number of carboxylic acids is 1. The largest absolute Gasteiger partial charge is 0.475 e. The van der Waals surface area contributed by atoms with E-state index in [1.165, 1.54) is 38.2 Å². The monoisotopic (exact) mass is 440 g/mol. The fraction of sp³-hybridized carbons (Fsp3) is 0.643. The molecule has 2 N–H and O–H groups in total. The second kappa shape index (κ2) is 11.8. The number of ketones is 1. The Labute approximate surface area is 168 Å². The zero-order valence-electron chi connectivity index (χ0n) is 14.0. The summed E-state index contributed by atoms with van der Waals surface area (Å²) in [4.78, 5) is 58.1. The average molecular weight is 441 g/mol. The fourth-order valence-corrected chi connectivity index (χ4v) is 4.81. The van der Waals surface area contributed by atoms with Crippen LogP contribution in [0.1, 0.15) is 12.8 Å². The third-order valence-electron chi connectivity index (χ3n) is 3.37. The number of imide groups is 1. The van der Waals surface area contributed by atoms with Gasteiger partial charge in [0.05, 0.1) is 10.5 Å². The second-order valence-corrected chi connectivity index (χ2v) is 9.56. The van der Waals surface area contributed by atoms with E-state index in [1.54, 1.807) is 0 Å². The molecule has 8 nitrogen and oxygen atoms in total. The van der Waals surface area contributed by atoms with Crippen molar-refractivity contribution in [3.05, 3.63) is 0 Å². The Balaban J connectivity index is 2.10. The highest BCUT2D eigenvalue weighted by molar-refractivity contribution is 8.76. The van der Waals surface area contributed by atoms with E-state index < -0.39 is 22.9 Å². The molecule has 0 aromatic heterocycles. The summed E-state index contributed by atoms with van der Waals surface area (Å²) < 4.78 is 0. The van der Waals surface area contributed by atoms with Crippen molar-refractivity contribution in [3.63, 3.8) is 0 Å². The number of carboxylic acid groups (broad SMARTS) is 1. The van der Waals surface area contributed by atoms with Gasteiger partial charge in [0.25, 0.3) is 5.78 Å². The molecular formula is C14H20N2O6S4. The van der Waals surface area contributed by atoms with E-state index in [0.29, 0.717) is 24.6 Å². The molecule has 3 amide bonds. The molecule has 1 aliphatic rings. The Morgan fingerprint density at radius 2 is 1.96 bits per heavy atom. The summed E-state index contributed by atoms with van der Waals surface area (Å²) in [5.41, 5.74) is 0. The molecule has 0 aromatic carbocycles. The van der Waals surface area contributed by atoms with Crippen molar-refractivity contribution in [2.75, 3.05) is 30.9 Å². The molecule has 0 radical (unpaired) electrons. The van der Waals surface area contributed by atoms with Crippen LogP contribution >= 0.6 is 46.0 Å². The van der Waals surface area contributed by atoms with E-state index in [0.717, 1.165) is 0 Å². The topological polar surface area (TPSA) is 121 Å². The SMILES string of the molecule is CSC1CC(=O)N(CCSSCCNC(=O)CC(S)C(=O)C(=O)O)C1=O. The van der Waals surface area contributed by atoms with Gasteiger partial charge >= 0.3 is 5.97 Å². The highest BCUT2D eigenvalue weighted by Gasteiger charge is 2.37. The minimum atomic E-state index is -1.61. The molecule has 12 heteroatoms. The van der Waals surface area contributed by atoms with E-state index in [2.05, 4.69) is 17.9 Å². The predicted molar refractivity (Wildman–Crippen MR) is 107 cm³/mol. The maximum atomic E-state index is 11.9. The first-order valence-corrected chi connectivity index (χ1v) is 11.9. The Hall–Kier alpha value is -0.850. The lowest BCUT2D eigenvalue weighted by atomic mass is 10.2. The van der Waals surface area contributed by atoms with Crippen LogP contribution in [0, 0.1) is 0 Å². The Morgan fingerprint density at radius 3 is 2.54 bits per heavy atom. The summed E-state index contributed by atoms with van der Waals surface area (Å²) >= 11 is 5.19. The van der Waals surface area contributed by atoms with Crippen LogP contribution in [0.3, 0.4) is 0 Å². The van der Waals surface area contributed by atoms with Gasteiger partial charge < -0.3 is 10.4 Å². The number of hydrogen-bond donors (Lipinski definition) is 3. The number of thioether (sulfide) groups is 1. The molecular weight excluding hydrogens is 420 g/mol. The maximum Gasteiger partial charge on any atom is 0.373 e. The van der Waals surface area contributed by atoms with Gasteiger partial charge in [0.15, 0.2) is 0 Å². The number of thiol groups is 1. The average Bonchev–Trinajstić information content (AvgIpc) is 2.86. The quantitative estimate of drug-likeness (QED) is 0.129. The van der Waals surface area contributed by atoms with Crippen LogP contribution in [0.25, 0.3) is 0 Å². The lowest BCUT2D eigenvalue weighted by Gasteiger charge is -2.13. The summed E-state index contributed by atoms with van der Waals surface area (Å²) in [5, 5.41) is 9.68. The summed E-state index contributed by atoms with van der Waals surface area (Å²) in [6, 6.07) is 0. The number of amides is 3. The van der Waals surface area contributed by atoms with Crippen LogP contribution < -0.4 is 5.32 Å². The Bertz CT molecular complexity index is 574. The third-order valence-corrected chi connectivity index (χ3v) is 7.11. The fourth-order valence-electron chi connectivity index (χ4n) is 2.03. The number of carbonyl (C=O) groups excluding carboxylic acids is 4. The molecule has 146 valence electrons. The molecule has 1 fully saturated rings. The van der Waals surface area contributed by atoms with Gasteiger partial charge in [-0.3, -0.25) is 24.1 Å². The van der Waals surface area contributed by atoms with Crippen molar-refractivity contribution in [3.8, 4) is 0 Å². The number of Topliss-reactive ketones (excluding diaryl/α,β-unsaturated/α-hetero) is 1. The van der Waals surface area contributed by atoms with Crippen LogP contribution in [-0.2, 0) is 24.0 Å². The van der Waals surface area contributed by atoms with Crippen molar-refractivity contribution in [2.24, 2.45) is 0 Å². The number of rotatable bonds is 12. The molecule has 0 aromatic rings. The molecule has 1 saturated heterocycles. The van der Waals surface area contributed by atoms with Crippen LogP contribution in [0.2, 0.25) is 0 Å². The van der Waals surface area contributed by atoms with Crippen molar-refractivity contribution in [1.82, 2.24) is 10.2 Å². The first-order valence-electron chi connectivity index (χ1n) is 7.61. The van der Waals surface area contributed by atoms with Crippen LogP contribution in [0.15, 0.2) is 0 Å². The van der Waals surface area contributed by atoms with Gasteiger partial charge in [-0.15, -0.1) is 0 Å². The van der Waals surface area contributed by atoms with Gasteiger partial charge in [0.1, 0.15) is 0 Å². The van der Waals surface area contributed by atoms with Gasteiger partial charge in [0, 0.05) is 37.4 Å². The maximum absolute atomic E-state index is 11.9. The zero-order chi connectivity index (χ0) is 19.7. The molecule has 0 spiro atoms. The van der Waals surface area contributed by atoms with E-state index in [9.17, 15) is 24.0 Å². The molecule has 26 heavy (non-hydrogen) atoms. The van der Waals surface area contributed by atoms with Gasteiger partial charge in [-0.25, -0.2) is 4.79 Å². The minimum Gasteiger partial charge on any atom is -0.475 e. The molecule has 2 atom stereocenters. The van der Waals surface area contributed by atoms with Crippen molar-refractivity contribution >= 4 is 75.5 Å². The smallest absolute Gasteiger partial charge is 0.373 e. The van der Waals surface area contributed by atoms with E-state index >= 15 is 0 Å². The molecule has 0 bridgehead atoms. The molecule has 2 unspecified atom stereocenters. The number of nitrogens with one attached hydrogen (secondary N) is 1. The number of likely N-dealkylation sites (tertiary alicyclic amines) is 1. The standard InChI is InChI=1S/C14H20N2O6S4/c1-24-9-7-11(18)16(13(9)20)3-5-26-25-4-2-15-10(17)6-8(23)12(19)14(21)22/h8-9,23H,2-7H2,1H3,(H,15,17)(H,21,22). The Kier molecular flexibility index (Phi) is 10.5. The Morgan fingerprint density at radius 1 is 1.31 bits per heavy atom. The second-order valence-electron chi connectivity index (χ2n) is 5.20. The van der Waals surface area contributed by atoms with E-state index in [-0.39, 0.29) is 29.9 Å². The molecule has 0 saturated carbocycles. The van der Waals surface area contributed by atoms with E-state index in [1.807, 2.05) is 6.26 Å². The number of carbonyl (C=O) groups is 5.